The largest absolute Gasteiger partial charge is 0.465 e. The maximum atomic E-state index is 13.0. The van der Waals surface area contributed by atoms with Crippen LogP contribution in [0.25, 0.3) is 0 Å². The minimum Gasteiger partial charge on any atom is -0.465 e. The fraction of sp³-hybridized carbons (Fsp3) is 0.957. The highest BCUT2D eigenvalue weighted by atomic mass is 16.5. The molecule has 6 heteroatoms. The van der Waals surface area contributed by atoms with E-state index in [1.54, 1.807) is 0 Å². The van der Waals surface area contributed by atoms with Gasteiger partial charge in [0.15, 0.2) is 0 Å². The van der Waals surface area contributed by atoms with Crippen molar-refractivity contribution in [3.05, 3.63) is 0 Å². The molecular weight excluding hydrogens is 659 g/mol. The first-order valence-corrected chi connectivity index (χ1v) is 23.6. The van der Waals surface area contributed by atoms with Crippen LogP contribution in [0.1, 0.15) is 234 Å². The predicted octanol–water partition coefficient (Wildman–Crippen LogP) is 13.4. The summed E-state index contributed by atoms with van der Waals surface area (Å²) < 4.78 is 11.6. The van der Waals surface area contributed by atoms with Gasteiger partial charge in [0, 0.05) is 13.1 Å². The van der Waals surface area contributed by atoms with Crippen molar-refractivity contribution in [1.82, 2.24) is 4.90 Å². The monoisotopic (exact) mass is 752 g/mol. The predicted molar refractivity (Wildman–Crippen MR) is 227 cm³/mol. The molecule has 316 valence electrons. The third-order valence-electron chi connectivity index (χ3n) is 11.2. The highest BCUT2D eigenvalue weighted by Gasteiger charge is 2.20. The summed E-state index contributed by atoms with van der Waals surface area (Å²) in [5.41, 5.74) is 0. The summed E-state index contributed by atoms with van der Waals surface area (Å²) in [4.78, 5) is 28.3. The Labute approximate surface area is 331 Å². The Balaban J connectivity index is 4.32. The number of nitrogens with zero attached hydrogens (tertiary/aromatic N) is 1. The standard InChI is InChI=1S/C47H93NO5/c1-6-10-14-18-20-26-35-44(33-24-16-12-8-3)46(50)52-40-30-23-22-29-37-48(38-39-49)42-43(5)32-28-31-41-53-47(51)45(34-25-17-13-9-4)36-27-21-19-15-11-7-2/h43-45,49H,6-42H2,1-5H3/t43-,44?,45?/m0/s1. The van der Waals surface area contributed by atoms with E-state index in [2.05, 4.69) is 39.5 Å². The number of aliphatic hydroxyl groups is 1. The van der Waals surface area contributed by atoms with Crippen LogP contribution in [-0.2, 0) is 19.1 Å². The lowest BCUT2D eigenvalue weighted by molar-refractivity contribution is -0.150. The lowest BCUT2D eigenvalue weighted by atomic mass is 9.94. The number of unbranched alkanes of at least 4 members (excludes halogenated alkanes) is 20. The average molecular weight is 752 g/mol. The maximum absolute atomic E-state index is 13.0. The molecule has 0 spiro atoms. The molecule has 53 heavy (non-hydrogen) atoms. The summed E-state index contributed by atoms with van der Waals surface area (Å²) in [7, 11) is 0. The number of aliphatic hydroxyl groups excluding tert-OH is 1. The number of hydrogen-bond donors (Lipinski definition) is 1. The van der Waals surface area contributed by atoms with E-state index in [4.69, 9.17) is 9.47 Å². The quantitative estimate of drug-likeness (QED) is 0.0494. The lowest BCUT2D eigenvalue weighted by Crippen LogP contribution is -2.32. The molecule has 0 saturated carbocycles. The van der Waals surface area contributed by atoms with E-state index in [0.717, 1.165) is 116 Å². The van der Waals surface area contributed by atoms with Gasteiger partial charge in [0.2, 0.25) is 0 Å². The first kappa shape index (κ1) is 51.9. The van der Waals surface area contributed by atoms with Gasteiger partial charge in [0.25, 0.3) is 0 Å². The molecule has 0 aromatic carbocycles. The van der Waals surface area contributed by atoms with Gasteiger partial charge in [0.1, 0.15) is 0 Å². The van der Waals surface area contributed by atoms with Crippen LogP contribution in [0.5, 0.6) is 0 Å². The zero-order valence-electron chi connectivity index (χ0n) is 36.4. The second-order valence-electron chi connectivity index (χ2n) is 16.6. The Morgan fingerprint density at radius 1 is 0.453 bits per heavy atom. The number of esters is 2. The number of carbonyl (C=O) groups excluding carboxylic acids is 2. The normalized spacial score (nSPS) is 13.3. The first-order valence-electron chi connectivity index (χ1n) is 23.6. The van der Waals surface area contributed by atoms with Gasteiger partial charge in [-0.2, -0.15) is 0 Å². The molecular formula is C47H93NO5. The maximum Gasteiger partial charge on any atom is 0.308 e. The summed E-state index contributed by atoms with van der Waals surface area (Å²) >= 11 is 0. The molecule has 0 aliphatic heterocycles. The van der Waals surface area contributed by atoms with Crippen LogP contribution < -0.4 is 0 Å². The number of ether oxygens (including phenoxy) is 2. The first-order chi connectivity index (χ1) is 25.9. The van der Waals surface area contributed by atoms with Gasteiger partial charge in [-0.15, -0.1) is 0 Å². The Hall–Kier alpha value is -1.14. The van der Waals surface area contributed by atoms with Crippen molar-refractivity contribution < 1.29 is 24.2 Å². The van der Waals surface area contributed by atoms with Gasteiger partial charge in [-0.25, -0.2) is 0 Å². The van der Waals surface area contributed by atoms with Crippen LogP contribution >= 0.6 is 0 Å². The Kier molecular flexibility index (Phi) is 39.6. The Morgan fingerprint density at radius 3 is 1.23 bits per heavy atom. The molecule has 2 unspecified atom stereocenters. The van der Waals surface area contributed by atoms with Crippen LogP contribution in [0.3, 0.4) is 0 Å². The molecule has 6 nitrogen and oxygen atoms in total. The van der Waals surface area contributed by atoms with E-state index in [-0.39, 0.29) is 30.4 Å². The summed E-state index contributed by atoms with van der Waals surface area (Å²) in [5, 5.41) is 9.69. The Bertz CT molecular complexity index is 776. The fourth-order valence-electron chi connectivity index (χ4n) is 7.67. The average Bonchev–Trinajstić information content (AvgIpc) is 3.15. The Morgan fingerprint density at radius 2 is 0.792 bits per heavy atom. The van der Waals surface area contributed by atoms with Gasteiger partial charge >= 0.3 is 11.9 Å². The molecule has 0 bridgehead atoms. The minimum atomic E-state index is 0.0425. The molecule has 0 rings (SSSR count). The summed E-state index contributed by atoms with van der Waals surface area (Å²) in [6.07, 6.45) is 36.1. The van der Waals surface area contributed by atoms with E-state index in [9.17, 15) is 14.7 Å². The summed E-state index contributed by atoms with van der Waals surface area (Å²) in [6, 6.07) is 0. The van der Waals surface area contributed by atoms with Crippen molar-refractivity contribution in [3.63, 3.8) is 0 Å². The molecule has 0 saturated heterocycles. The van der Waals surface area contributed by atoms with Crippen molar-refractivity contribution in [1.29, 1.82) is 0 Å². The second kappa shape index (κ2) is 40.5. The van der Waals surface area contributed by atoms with Crippen molar-refractivity contribution in [2.45, 2.75) is 234 Å². The molecule has 0 aromatic heterocycles. The zero-order chi connectivity index (χ0) is 39.0. The van der Waals surface area contributed by atoms with Crippen molar-refractivity contribution in [2.24, 2.45) is 17.8 Å². The minimum absolute atomic E-state index is 0.0425. The third-order valence-corrected chi connectivity index (χ3v) is 11.2. The SMILES string of the molecule is CCCCCCCCC(CCCCCC)C(=O)OCCCCCCN(CCO)C[C@@H](C)CCCCOC(=O)C(CCCCCC)CCCCCCCC. The fourth-order valence-corrected chi connectivity index (χ4v) is 7.67. The van der Waals surface area contributed by atoms with Gasteiger partial charge in [-0.05, 0) is 70.3 Å². The highest BCUT2D eigenvalue weighted by molar-refractivity contribution is 5.72. The summed E-state index contributed by atoms with van der Waals surface area (Å²) in [6.45, 7) is 15.3. The lowest BCUT2D eigenvalue weighted by Gasteiger charge is -2.25. The molecule has 1 N–H and O–H groups in total. The molecule has 0 aliphatic carbocycles. The van der Waals surface area contributed by atoms with Crippen molar-refractivity contribution in [2.75, 3.05) is 39.5 Å². The molecule has 0 heterocycles. The molecule has 3 atom stereocenters. The van der Waals surface area contributed by atoms with Crippen LogP contribution in [0, 0.1) is 17.8 Å². The van der Waals surface area contributed by atoms with E-state index in [0.29, 0.717) is 19.1 Å². The smallest absolute Gasteiger partial charge is 0.308 e. The molecule has 0 aromatic rings. The van der Waals surface area contributed by atoms with E-state index in [1.807, 2.05) is 0 Å². The van der Waals surface area contributed by atoms with E-state index >= 15 is 0 Å². The zero-order valence-corrected chi connectivity index (χ0v) is 36.4. The topological polar surface area (TPSA) is 76.1 Å². The number of carbonyl (C=O) groups is 2. The van der Waals surface area contributed by atoms with Crippen molar-refractivity contribution >= 4 is 11.9 Å². The molecule has 0 aliphatic rings. The van der Waals surface area contributed by atoms with E-state index < -0.39 is 0 Å². The van der Waals surface area contributed by atoms with Crippen LogP contribution in [0.4, 0.5) is 0 Å². The van der Waals surface area contributed by atoms with Gasteiger partial charge in [-0.3, -0.25) is 9.59 Å². The van der Waals surface area contributed by atoms with Gasteiger partial charge in [-0.1, -0.05) is 176 Å². The number of hydrogen-bond acceptors (Lipinski definition) is 6. The number of rotatable bonds is 42. The third kappa shape index (κ3) is 33.9. The van der Waals surface area contributed by atoms with Gasteiger partial charge in [0.05, 0.1) is 31.7 Å². The van der Waals surface area contributed by atoms with Crippen molar-refractivity contribution in [3.8, 4) is 0 Å². The molecule has 0 radical (unpaired) electrons. The van der Waals surface area contributed by atoms with Crippen LogP contribution in [-0.4, -0.2) is 61.4 Å². The molecule has 0 fully saturated rings. The van der Waals surface area contributed by atoms with Crippen LogP contribution in [0.2, 0.25) is 0 Å². The van der Waals surface area contributed by atoms with Gasteiger partial charge < -0.3 is 19.5 Å². The van der Waals surface area contributed by atoms with E-state index in [1.165, 1.54) is 103 Å². The van der Waals surface area contributed by atoms with Crippen LogP contribution in [0.15, 0.2) is 0 Å². The molecule has 0 amide bonds. The highest BCUT2D eigenvalue weighted by Crippen LogP contribution is 2.22. The second-order valence-corrected chi connectivity index (χ2v) is 16.6. The summed E-state index contributed by atoms with van der Waals surface area (Å²) in [5.74, 6) is 0.792.